The zero-order valence-electron chi connectivity index (χ0n) is 13.5. The van der Waals surface area contributed by atoms with Gasteiger partial charge < -0.3 is 0 Å². The summed E-state index contributed by atoms with van der Waals surface area (Å²) in [5.41, 5.74) is 2.63. The van der Waals surface area contributed by atoms with Gasteiger partial charge in [0.05, 0.1) is 29.4 Å². The maximum absolute atomic E-state index is 12.0. The van der Waals surface area contributed by atoms with Crippen LogP contribution in [0.25, 0.3) is 11.4 Å². The van der Waals surface area contributed by atoms with Gasteiger partial charge in [0.2, 0.25) is 10.0 Å². The minimum Gasteiger partial charge on any atom is -0.263 e. The maximum Gasteiger partial charge on any atom is 0.211 e. The molecule has 1 atom stereocenters. The Balaban J connectivity index is 1.95. The van der Waals surface area contributed by atoms with E-state index in [-0.39, 0.29) is 6.04 Å². The van der Waals surface area contributed by atoms with Gasteiger partial charge in [0.15, 0.2) is 0 Å². The van der Waals surface area contributed by atoms with E-state index in [1.807, 2.05) is 28.9 Å². The normalized spacial score (nSPS) is 19.3. The van der Waals surface area contributed by atoms with Crippen LogP contribution < -0.4 is 0 Å². The lowest BCUT2D eigenvalue weighted by Crippen LogP contribution is -2.29. The Bertz CT molecular complexity index is 785. The van der Waals surface area contributed by atoms with Crippen LogP contribution in [0.5, 0.6) is 0 Å². The molecular formula is C16H22N4O2S. The van der Waals surface area contributed by atoms with Gasteiger partial charge in [0, 0.05) is 19.3 Å². The third-order valence-corrected chi connectivity index (χ3v) is 5.45. The monoisotopic (exact) mass is 334 g/mol. The summed E-state index contributed by atoms with van der Waals surface area (Å²) < 4.78 is 27.4. The maximum atomic E-state index is 12.0. The molecule has 0 radical (unpaired) electrons. The molecule has 1 aliphatic rings. The number of hydrogen-bond acceptors (Lipinski definition) is 4. The van der Waals surface area contributed by atoms with Crippen molar-refractivity contribution in [3.05, 3.63) is 36.2 Å². The second-order valence-electron chi connectivity index (χ2n) is 5.92. The molecular weight excluding hydrogens is 312 g/mol. The number of aryl methyl sites for hydroxylation is 1. The van der Waals surface area contributed by atoms with Gasteiger partial charge in [-0.25, -0.2) is 13.4 Å². The highest BCUT2D eigenvalue weighted by Crippen LogP contribution is 2.33. The third kappa shape index (κ3) is 3.30. The van der Waals surface area contributed by atoms with E-state index < -0.39 is 10.0 Å². The van der Waals surface area contributed by atoms with E-state index in [1.54, 1.807) is 10.5 Å². The van der Waals surface area contributed by atoms with Crippen molar-refractivity contribution in [2.75, 3.05) is 12.8 Å². The Morgan fingerprint density at radius 3 is 2.87 bits per heavy atom. The molecule has 23 heavy (non-hydrogen) atoms. The lowest BCUT2D eigenvalue weighted by molar-refractivity contribution is 0.394. The smallest absolute Gasteiger partial charge is 0.211 e. The quantitative estimate of drug-likeness (QED) is 0.842. The zero-order chi connectivity index (χ0) is 16.4. The molecule has 3 heterocycles. The molecule has 3 rings (SSSR count). The fourth-order valence-electron chi connectivity index (χ4n) is 3.15. The van der Waals surface area contributed by atoms with E-state index >= 15 is 0 Å². The van der Waals surface area contributed by atoms with E-state index in [0.717, 1.165) is 42.9 Å². The first kappa shape index (κ1) is 16.1. The fraction of sp³-hybridized carbons (Fsp3) is 0.500. The summed E-state index contributed by atoms with van der Waals surface area (Å²) >= 11 is 0. The summed E-state index contributed by atoms with van der Waals surface area (Å²) in [5.74, 6) is 0. The minimum absolute atomic E-state index is 0.160. The zero-order valence-corrected chi connectivity index (χ0v) is 14.3. The number of sulfonamides is 1. The van der Waals surface area contributed by atoms with E-state index in [4.69, 9.17) is 4.98 Å². The third-order valence-electron chi connectivity index (χ3n) is 4.16. The van der Waals surface area contributed by atoms with Crippen LogP contribution in [-0.4, -0.2) is 40.3 Å². The SMILES string of the molecule is CCCn1nccc1-c1cccc(C2CCCN2S(C)(=O)=O)n1. The number of rotatable bonds is 5. The van der Waals surface area contributed by atoms with Crippen LogP contribution in [0.1, 0.15) is 37.9 Å². The topological polar surface area (TPSA) is 68.1 Å². The molecule has 0 aliphatic carbocycles. The molecule has 1 unspecified atom stereocenters. The van der Waals surface area contributed by atoms with Crippen molar-refractivity contribution >= 4 is 10.0 Å². The summed E-state index contributed by atoms with van der Waals surface area (Å²) in [6, 6.07) is 7.60. The van der Waals surface area contributed by atoms with Crippen LogP contribution in [0, 0.1) is 0 Å². The summed E-state index contributed by atoms with van der Waals surface area (Å²) in [5, 5.41) is 4.33. The molecule has 124 valence electrons. The van der Waals surface area contributed by atoms with Gasteiger partial charge >= 0.3 is 0 Å². The van der Waals surface area contributed by atoms with Gasteiger partial charge in [-0.15, -0.1) is 0 Å². The summed E-state index contributed by atoms with van der Waals surface area (Å²) in [4.78, 5) is 4.74. The molecule has 1 saturated heterocycles. The number of nitrogens with zero attached hydrogens (tertiary/aromatic N) is 4. The minimum atomic E-state index is -3.21. The predicted octanol–water partition coefficient (Wildman–Crippen LogP) is 2.45. The molecule has 0 saturated carbocycles. The van der Waals surface area contributed by atoms with Gasteiger partial charge in [-0.2, -0.15) is 9.40 Å². The molecule has 7 heteroatoms. The number of aromatic nitrogens is 3. The highest BCUT2D eigenvalue weighted by Gasteiger charge is 2.33. The van der Waals surface area contributed by atoms with E-state index in [0.29, 0.717) is 6.54 Å². The van der Waals surface area contributed by atoms with E-state index in [2.05, 4.69) is 12.0 Å². The van der Waals surface area contributed by atoms with Crippen LogP contribution in [-0.2, 0) is 16.6 Å². The molecule has 1 aliphatic heterocycles. The van der Waals surface area contributed by atoms with Crippen molar-refractivity contribution in [2.24, 2.45) is 0 Å². The predicted molar refractivity (Wildman–Crippen MR) is 89.3 cm³/mol. The van der Waals surface area contributed by atoms with Gasteiger partial charge in [0.25, 0.3) is 0 Å². The van der Waals surface area contributed by atoms with Crippen molar-refractivity contribution < 1.29 is 8.42 Å². The van der Waals surface area contributed by atoms with E-state index in [1.165, 1.54) is 6.26 Å². The molecule has 0 aromatic carbocycles. The first-order chi connectivity index (χ1) is 11.0. The summed E-state index contributed by atoms with van der Waals surface area (Å²) in [6.07, 6.45) is 5.73. The van der Waals surface area contributed by atoms with Crippen molar-refractivity contribution in [3.63, 3.8) is 0 Å². The van der Waals surface area contributed by atoms with Gasteiger partial charge in [-0.3, -0.25) is 4.68 Å². The van der Waals surface area contributed by atoms with Crippen molar-refractivity contribution in [1.82, 2.24) is 19.1 Å². The molecule has 2 aromatic rings. The van der Waals surface area contributed by atoms with Crippen molar-refractivity contribution in [3.8, 4) is 11.4 Å². The van der Waals surface area contributed by atoms with Crippen LogP contribution in [0.4, 0.5) is 0 Å². The lowest BCUT2D eigenvalue weighted by atomic mass is 10.1. The largest absolute Gasteiger partial charge is 0.263 e. The summed E-state index contributed by atoms with van der Waals surface area (Å²) in [6.45, 7) is 3.52. The Labute approximate surface area is 137 Å². The standard InChI is InChI=1S/C16H22N4O2S/c1-3-11-19-15(9-10-17-19)13-6-4-7-14(18-13)16-8-5-12-20(16)23(2,21)22/h4,6-7,9-10,16H,3,5,8,11-12H2,1-2H3. The molecule has 1 fully saturated rings. The van der Waals surface area contributed by atoms with Gasteiger partial charge in [-0.05, 0) is 37.5 Å². The first-order valence-electron chi connectivity index (χ1n) is 7.96. The van der Waals surface area contributed by atoms with Crippen molar-refractivity contribution in [2.45, 2.75) is 38.8 Å². The van der Waals surface area contributed by atoms with Crippen LogP contribution in [0.15, 0.2) is 30.5 Å². The second-order valence-corrected chi connectivity index (χ2v) is 7.85. The molecule has 2 aromatic heterocycles. The Hall–Kier alpha value is -1.73. The molecule has 0 N–H and O–H groups in total. The lowest BCUT2D eigenvalue weighted by Gasteiger charge is -2.22. The first-order valence-corrected chi connectivity index (χ1v) is 9.81. The average Bonchev–Trinajstić information content (AvgIpc) is 3.16. The fourth-order valence-corrected chi connectivity index (χ4v) is 4.29. The number of hydrogen-bond donors (Lipinski definition) is 0. The second kappa shape index (κ2) is 6.41. The Morgan fingerprint density at radius 2 is 2.13 bits per heavy atom. The van der Waals surface area contributed by atoms with Crippen molar-refractivity contribution in [1.29, 1.82) is 0 Å². The Kier molecular flexibility index (Phi) is 4.50. The van der Waals surface area contributed by atoms with Gasteiger partial charge in [0.1, 0.15) is 0 Å². The number of pyridine rings is 1. The van der Waals surface area contributed by atoms with E-state index in [9.17, 15) is 8.42 Å². The summed E-state index contributed by atoms with van der Waals surface area (Å²) in [7, 11) is -3.21. The van der Waals surface area contributed by atoms with Crippen LogP contribution >= 0.6 is 0 Å². The molecule has 0 bridgehead atoms. The highest BCUT2D eigenvalue weighted by molar-refractivity contribution is 7.88. The molecule has 0 spiro atoms. The van der Waals surface area contributed by atoms with Crippen LogP contribution in [0.2, 0.25) is 0 Å². The van der Waals surface area contributed by atoms with Gasteiger partial charge in [-0.1, -0.05) is 13.0 Å². The Morgan fingerprint density at radius 1 is 1.30 bits per heavy atom. The molecule has 0 amide bonds. The average molecular weight is 334 g/mol. The molecule has 6 nitrogen and oxygen atoms in total. The highest BCUT2D eigenvalue weighted by atomic mass is 32.2. The van der Waals surface area contributed by atoms with Crippen LogP contribution in [0.3, 0.4) is 0 Å².